The Morgan fingerprint density at radius 3 is 2.21 bits per heavy atom. The van der Waals surface area contributed by atoms with Crippen LogP contribution < -0.4 is 0 Å². The summed E-state index contributed by atoms with van der Waals surface area (Å²) in [7, 11) is 0. The third-order valence-electron chi connectivity index (χ3n) is 3.95. The Balaban J connectivity index is 3.04. The summed E-state index contributed by atoms with van der Waals surface area (Å²) in [6.45, 7) is 10.3. The number of nitriles is 1. The summed E-state index contributed by atoms with van der Waals surface area (Å²) in [5, 5.41) is 9.60. The fourth-order valence-corrected chi connectivity index (χ4v) is 2.75. The second-order valence-electron chi connectivity index (χ2n) is 6.48. The van der Waals surface area contributed by atoms with E-state index in [9.17, 15) is 10.1 Å². The second-order valence-corrected chi connectivity index (χ2v) is 6.48. The first kappa shape index (κ1) is 15.8. The van der Waals surface area contributed by atoms with E-state index in [0.29, 0.717) is 19.4 Å². The van der Waals surface area contributed by atoms with Crippen LogP contribution in [0.2, 0.25) is 0 Å². The van der Waals surface area contributed by atoms with Crippen LogP contribution in [0.15, 0.2) is 12.7 Å². The van der Waals surface area contributed by atoms with Crippen molar-refractivity contribution in [1.82, 2.24) is 4.90 Å². The van der Waals surface area contributed by atoms with E-state index in [0.717, 1.165) is 25.7 Å². The van der Waals surface area contributed by atoms with Crippen molar-refractivity contribution in [3.8, 4) is 6.07 Å². The van der Waals surface area contributed by atoms with Gasteiger partial charge in [-0.15, -0.1) is 6.58 Å². The highest BCUT2D eigenvalue weighted by atomic mass is 16.2. The number of amides is 1. The first-order valence-corrected chi connectivity index (χ1v) is 7.21. The van der Waals surface area contributed by atoms with Crippen LogP contribution in [-0.2, 0) is 4.79 Å². The molecule has 1 saturated carbocycles. The molecule has 0 N–H and O–H groups in total. The molecule has 1 aliphatic rings. The van der Waals surface area contributed by atoms with Gasteiger partial charge in [0.25, 0.3) is 0 Å². The topological polar surface area (TPSA) is 44.1 Å². The molecule has 0 aliphatic heterocycles. The zero-order chi connectivity index (χ0) is 14.5. The summed E-state index contributed by atoms with van der Waals surface area (Å²) in [6, 6.07) is 2.34. The molecule has 0 saturated heterocycles. The van der Waals surface area contributed by atoms with Gasteiger partial charge in [0.15, 0.2) is 0 Å². The zero-order valence-corrected chi connectivity index (χ0v) is 12.5. The average Bonchev–Trinajstić information content (AvgIpc) is 2.60. The third-order valence-corrected chi connectivity index (χ3v) is 3.95. The van der Waals surface area contributed by atoms with Crippen LogP contribution in [0, 0.1) is 16.7 Å². The molecule has 0 aromatic carbocycles. The van der Waals surface area contributed by atoms with Gasteiger partial charge in [-0.2, -0.15) is 5.26 Å². The maximum absolute atomic E-state index is 12.9. The Hall–Kier alpha value is -1.30. The van der Waals surface area contributed by atoms with E-state index in [1.54, 1.807) is 11.0 Å². The molecule has 3 heteroatoms. The van der Waals surface area contributed by atoms with Crippen LogP contribution in [0.25, 0.3) is 0 Å². The minimum atomic E-state index is -0.813. The Morgan fingerprint density at radius 2 is 1.84 bits per heavy atom. The molecule has 19 heavy (non-hydrogen) atoms. The quantitative estimate of drug-likeness (QED) is 0.575. The van der Waals surface area contributed by atoms with E-state index >= 15 is 0 Å². The van der Waals surface area contributed by atoms with E-state index in [4.69, 9.17) is 0 Å². The highest BCUT2D eigenvalue weighted by Crippen LogP contribution is 2.37. The van der Waals surface area contributed by atoms with Gasteiger partial charge in [-0.3, -0.25) is 4.79 Å². The van der Waals surface area contributed by atoms with Crippen molar-refractivity contribution in [2.45, 2.75) is 64.8 Å². The minimum absolute atomic E-state index is 0.00991. The lowest BCUT2D eigenvalue weighted by Gasteiger charge is -2.40. The summed E-state index contributed by atoms with van der Waals surface area (Å²) >= 11 is 0. The maximum atomic E-state index is 12.9. The molecule has 0 radical (unpaired) electrons. The van der Waals surface area contributed by atoms with E-state index in [1.807, 2.05) is 20.8 Å². The van der Waals surface area contributed by atoms with Crippen LogP contribution in [0.5, 0.6) is 0 Å². The summed E-state index contributed by atoms with van der Waals surface area (Å²) < 4.78 is 0. The molecule has 0 heterocycles. The molecule has 3 nitrogen and oxygen atoms in total. The van der Waals surface area contributed by atoms with E-state index in [-0.39, 0.29) is 11.4 Å². The van der Waals surface area contributed by atoms with Crippen molar-refractivity contribution in [3.05, 3.63) is 12.7 Å². The smallest absolute Gasteiger partial charge is 0.243 e. The highest BCUT2D eigenvalue weighted by Gasteiger charge is 2.43. The minimum Gasteiger partial charge on any atom is -0.333 e. The van der Waals surface area contributed by atoms with Gasteiger partial charge in [-0.1, -0.05) is 31.8 Å². The maximum Gasteiger partial charge on any atom is 0.243 e. The van der Waals surface area contributed by atoms with E-state index in [1.165, 1.54) is 0 Å². The van der Waals surface area contributed by atoms with Crippen molar-refractivity contribution < 1.29 is 4.79 Å². The Morgan fingerprint density at radius 1 is 1.32 bits per heavy atom. The molecule has 106 valence electrons. The van der Waals surface area contributed by atoms with Crippen LogP contribution in [-0.4, -0.2) is 22.9 Å². The second kappa shape index (κ2) is 6.23. The van der Waals surface area contributed by atoms with Crippen LogP contribution in [0.3, 0.4) is 0 Å². The summed E-state index contributed by atoms with van der Waals surface area (Å²) in [4.78, 5) is 14.7. The fraction of sp³-hybridized carbons (Fsp3) is 0.750. The monoisotopic (exact) mass is 262 g/mol. The van der Waals surface area contributed by atoms with Gasteiger partial charge < -0.3 is 4.90 Å². The van der Waals surface area contributed by atoms with Gasteiger partial charge >= 0.3 is 0 Å². The van der Waals surface area contributed by atoms with Crippen LogP contribution >= 0.6 is 0 Å². The summed E-state index contributed by atoms with van der Waals surface area (Å²) in [5.41, 5.74) is -1.09. The third kappa shape index (κ3) is 3.59. The van der Waals surface area contributed by atoms with Gasteiger partial charge in [0, 0.05) is 12.1 Å². The predicted octanol–water partition coefficient (Wildman–Crippen LogP) is 3.66. The molecule has 0 bridgehead atoms. The molecule has 0 unspecified atom stereocenters. The number of carbonyl (C=O) groups is 1. The van der Waals surface area contributed by atoms with Gasteiger partial charge in [0.2, 0.25) is 5.91 Å². The van der Waals surface area contributed by atoms with Crippen LogP contribution in [0.4, 0.5) is 0 Å². The van der Waals surface area contributed by atoms with E-state index < -0.39 is 5.41 Å². The first-order chi connectivity index (χ1) is 8.87. The lowest BCUT2D eigenvalue weighted by Crippen LogP contribution is -2.52. The lowest BCUT2D eigenvalue weighted by molar-refractivity contribution is -0.144. The normalized spacial score (nSPS) is 19.1. The molecule has 1 rings (SSSR count). The van der Waals surface area contributed by atoms with Crippen molar-refractivity contribution in [1.29, 1.82) is 5.26 Å². The molecule has 0 atom stereocenters. The molecule has 1 aliphatic carbocycles. The van der Waals surface area contributed by atoms with Crippen molar-refractivity contribution in [2.24, 2.45) is 5.41 Å². The molecule has 0 spiro atoms. The standard InChI is InChI=1S/C16H26N2O/c1-5-12-18(15(2,3)4)14(19)16(13-17)10-8-6-7-9-11-16/h5H,1,6-12H2,2-4H3. The predicted molar refractivity (Wildman–Crippen MR) is 77.4 cm³/mol. The van der Waals surface area contributed by atoms with Crippen molar-refractivity contribution in [3.63, 3.8) is 0 Å². The Labute approximate surface area is 117 Å². The Bertz CT molecular complexity index is 365. The largest absolute Gasteiger partial charge is 0.333 e. The summed E-state index contributed by atoms with van der Waals surface area (Å²) in [5.74, 6) is -0.00991. The van der Waals surface area contributed by atoms with Gasteiger partial charge in [0.05, 0.1) is 6.07 Å². The average molecular weight is 262 g/mol. The van der Waals surface area contributed by atoms with Crippen molar-refractivity contribution in [2.75, 3.05) is 6.54 Å². The number of rotatable bonds is 3. The van der Waals surface area contributed by atoms with Gasteiger partial charge in [-0.05, 0) is 33.6 Å². The Kier molecular flexibility index (Phi) is 5.17. The molecule has 1 amide bonds. The fourth-order valence-electron chi connectivity index (χ4n) is 2.75. The zero-order valence-electron chi connectivity index (χ0n) is 12.5. The molecular weight excluding hydrogens is 236 g/mol. The van der Waals surface area contributed by atoms with Crippen molar-refractivity contribution >= 4 is 5.91 Å². The van der Waals surface area contributed by atoms with Gasteiger partial charge in [-0.25, -0.2) is 0 Å². The summed E-state index contributed by atoms with van der Waals surface area (Å²) in [6.07, 6.45) is 7.36. The van der Waals surface area contributed by atoms with E-state index in [2.05, 4.69) is 12.6 Å². The van der Waals surface area contributed by atoms with Crippen LogP contribution in [0.1, 0.15) is 59.3 Å². The number of hydrogen-bond donors (Lipinski definition) is 0. The highest BCUT2D eigenvalue weighted by molar-refractivity contribution is 5.86. The number of carbonyl (C=O) groups excluding carboxylic acids is 1. The molecule has 1 fully saturated rings. The molecule has 0 aromatic heterocycles. The first-order valence-electron chi connectivity index (χ1n) is 7.21. The van der Waals surface area contributed by atoms with Gasteiger partial charge in [0.1, 0.15) is 5.41 Å². The SMILES string of the molecule is C=CCN(C(=O)C1(C#N)CCCCCC1)C(C)(C)C. The number of hydrogen-bond acceptors (Lipinski definition) is 2. The lowest BCUT2D eigenvalue weighted by atomic mass is 9.79. The number of nitrogens with zero attached hydrogens (tertiary/aromatic N) is 2. The molecule has 0 aromatic rings. The molecular formula is C16H26N2O.